The first-order valence-corrected chi connectivity index (χ1v) is 7.95. The second-order valence-electron chi connectivity index (χ2n) is 5.45. The molecular weight excluding hydrogens is 326 g/mol. The van der Waals surface area contributed by atoms with E-state index in [0.717, 1.165) is 5.56 Å². The van der Waals surface area contributed by atoms with E-state index in [1.807, 2.05) is 19.9 Å². The lowest BCUT2D eigenvalue weighted by molar-refractivity contribution is 0.403. The fraction of sp³-hybridized carbons (Fsp3) is 0.278. The summed E-state index contributed by atoms with van der Waals surface area (Å²) in [6.45, 7) is 5.69. The summed E-state index contributed by atoms with van der Waals surface area (Å²) in [5.41, 5.74) is 1.79. The van der Waals surface area contributed by atoms with E-state index >= 15 is 0 Å². The van der Waals surface area contributed by atoms with Gasteiger partial charge in [-0.15, -0.1) is 0 Å². The highest BCUT2D eigenvalue weighted by Crippen LogP contribution is 2.26. The number of hydrogen-bond donors (Lipinski definition) is 1. The lowest BCUT2D eigenvalue weighted by atomic mass is 10.1. The van der Waals surface area contributed by atoms with Crippen LogP contribution in [0.5, 0.6) is 5.88 Å². The maximum absolute atomic E-state index is 12.3. The Morgan fingerprint density at radius 3 is 2.71 bits per heavy atom. The van der Waals surface area contributed by atoms with Crippen molar-refractivity contribution in [2.24, 2.45) is 4.99 Å². The summed E-state index contributed by atoms with van der Waals surface area (Å²) in [5, 5.41) is 20.3. The number of pyridine rings is 1. The molecule has 1 N–H and O–H groups in total. The maximum atomic E-state index is 12.3. The molecule has 0 radical (unpaired) electrons. The largest absolute Gasteiger partial charge is 0.494 e. The quantitative estimate of drug-likeness (QED) is 0.856. The van der Waals surface area contributed by atoms with Gasteiger partial charge in [0.1, 0.15) is 11.6 Å². The van der Waals surface area contributed by atoms with Crippen LogP contribution in [-0.2, 0) is 6.54 Å². The molecule has 0 bridgehead atoms. The number of nitrogens with zero attached hydrogens (tertiary/aromatic N) is 3. The molecule has 0 spiro atoms. The first kappa shape index (κ1) is 17.8. The maximum Gasteiger partial charge on any atom is 0.271 e. The molecule has 6 heteroatoms. The summed E-state index contributed by atoms with van der Waals surface area (Å²) in [4.78, 5) is 16.6. The SMILES string of the molecule is CCCn1c(O)c(C=Nc2cccc(Cl)c2C)c(C)c(C#N)c1=O. The zero-order chi connectivity index (χ0) is 17.9. The van der Waals surface area contributed by atoms with Crippen molar-refractivity contribution in [1.82, 2.24) is 4.57 Å². The molecular formula is C18H18ClN3O2. The van der Waals surface area contributed by atoms with Gasteiger partial charge in [0.05, 0.1) is 11.3 Å². The van der Waals surface area contributed by atoms with Gasteiger partial charge in [0.25, 0.3) is 5.56 Å². The number of aliphatic imine (C=N–C) groups is 1. The Balaban J connectivity index is 2.64. The van der Waals surface area contributed by atoms with E-state index in [0.29, 0.717) is 34.8 Å². The van der Waals surface area contributed by atoms with Crippen molar-refractivity contribution in [2.45, 2.75) is 33.7 Å². The van der Waals surface area contributed by atoms with E-state index in [2.05, 4.69) is 4.99 Å². The van der Waals surface area contributed by atoms with Crippen LogP contribution in [0.4, 0.5) is 5.69 Å². The molecule has 5 nitrogen and oxygen atoms in total. The molecule has 0 saturated heterocycles. The van der Waals surface area contributed by atoms with Crippen LogP contribution in [0.25, 0.3) is 0 Å². The van der Waals surface area contributed by atoms with Gasteiger partial charge in [0.2, 0.25) is 5.88 Å². The molecule has 0 amide bonds. The zero-order valence-electron chi connectivity index (χ0n) is 13.8. The highest BCUT2D eigenvalue weighted by molar-refractivity contribution is 6.31. The van der Waals surface area contributed by atoms with Crippen LogP contribution in [0.15, 0.2) is 28.0 Å². The minimum Gasteiger partial charge on any atom is -0.494 e. The standard InChI is InChI=1S/C18H18ClN3O2/c1-4-8-22-17(23)13(9-20)11(2)14(18(22)24)10-21-16-7-5-6-15(19)12(16)3/h5-7,10,24H,4,8H2,1-3H3. The summed E-state index contributed by atoms with van der Waals surface area (Å²) in [6.07, 6.45) is 2.13. The lowest BCUT2D eigenvalue weighted by Gasteiger charge is -2.13. The Hall–Kier alpha value is -2.58. The molecule has 0 unspecified atom stereocenters. The van der Waals surface area contributed by atoms with Crippen molar-refractivity contribution in [3.8, 4) is 11.9 Å². The Bertz CT molecular complexity index is 908. The molecule has 0 aliphatic rings. The molecule has 1 heterocycles. The normalized spacial score (nSPS) is 11.0. The fourth-order valence-electron chi connectivity index (χ4n) is 2.43. The number of halogens is 1. The van der Waals surface area contributed by atoms with Gasteiger partial charge >= 0.3 is 0 Å². The lowest BCUT2D eigenvalue weighted by Crippen LogP contribution is -2.25. The van der Waals surface area contributed by atoms with E-state index in [1.165, 1.54) is 10.8 Å². The third-order valence-electron chi connectivity index (χ3n) is 3.87. The predicted octanol–water partition coefficient (Wildman–Crippen LogP) is 3.86. The van der Waals surface area contributed by atoms with Crippen molar-refractivity contribution in [1.29, 1.82) is 5.26 Å². The second-order valence-corrected chi connectivity index (χ2v) is 5.86. The number of nitriles is 1. The van der Waals surface area contributed by atoms with Crippen LogP contribution in [0.1, 0.15) is 35.6 Å². The minimum absolute atomic E-state index is 0.0190. The highest BCUT2D eigenvalue weighted by atomic mass is 35.5. The van der Waals surface area contributed by atoms with Gasteiger partial charge in [0, 0.05) is 17.8 Å². The number of hydrogen-bond acceptors (Lipinski definition) is 4. The zero-order valence-corrected chi connectivity index (χ0v) is 14.6. The molecule has 0 atom stereocenters. The molecule has 24 heavy (non-hydrogen) atoms. The third kappa shape index (κ3) is 3.19. The van der Waals surface area contributed by atoms with Gasteiger partial charge in [-0.2, -0.15) is 5.26 Å². The monoisotopic (exact) mass is 343 g/mol. The van der Waals surface area contributed by atoms with Crippen LogP contribution in [0.3, 0.4) is 0 Å². The number of benzene rings is 1. The van der Waals surface area contributed by atoms with E-state index in [1.54, 1.807) is 25.1 Å². The topological polar surface area (TPSA) is 78.4 Å². The van der Waals surface area contributed by atoms with Gasteiger partial charge in [-0.05, 0) is 43.5 Å². The average molecular weight is 344 g/mol. The summed E-state index contributed by atoms with van der Waals surface area (Å²) in [7, 11) is 0. The van der Waals surface area contributed by atoms with Crippen LogP contribution in [0.2, 0.25) is 5.02 Å². The summed E-state index contributed by atoms with van der Waals surface area (Å²) < 4.78 is 1.21. The highest BCUT2D eigenvalue weighted by Gasteiger charge is 2.17. The first-order valence-electron chi connectivity index (χ1n) is 7.58. The molecule has 0 fully saturated rings. The molecule has 0 aliphatic carbocycles. The van der Waals surface area contributed by atoms with Crippen molar-refractivity contribution < 1.29 is 5.11 Å². The minimum atomic E-state index is -0.481. The molecule has 124 valence electrons. The van der Waals surface area contributed by atoms with E-state index < -0.39 is 5.56 Å². The van der Waals surface area contributed by atoms with Crippen molar-refractivity contribution in [3.05, 3.63) is 55.8 Å². The van der Waals surface area contributed by atoms with E-state index in [9.17, 15) is 15.2 Å². The third-order valence-corrected chi connectivity index (χ3v) is 4.27. The number of aromatic hydroxyl groups is 1. The Morgan fingerprint density at radius 1 is 1.38 bits per heavy atom. The van der Waals surface area contributed by atoms with Gasteiger partial charge in [0.15, 0.2) is 0 Å². The first-order chi connectivity index (χ1) is 11.4. The van der Waals surface area contributed by atoms with Crippen LogP contribution < -0.4 is 5.56 Å². The van der Waals surface area contributed by atoms with Crippen molar-refractivity contribution in [2.75, 3.05) is 0 Å². The van der Waals surface area contributed by atoms with Gasteiger partial charge < -0.3 is 5.11 Å². The van der Waals surface area contributed by atoms with Gasteiger partial charge in [-0.25, -0.2) is 0 Å². The van der Waals surface area contributed by atoms with Crippen LogP contribution in [0, 0.1) is 25.2 Å². The summed E-state index contributed by atoms with van der Waals surface area (Å²) >= 11 is 6.08. The van der Waals surface area contributed by atoms with E-state index in [4.69, 9.17) is 11.6 Å². The van der Waals surface area contributed by atoms with E-state index in [-0.39, 0.29) is 11.4 Å². The van der Waals surface area contributed by atoms with Crippen LogP contribution in [-0.4, -0.2) is 15.9 Å². The smallest absolute Gasteiger partial charge is 0.271 e. The summed E-state index contributed by atoms with van der Waals surface area (Å²) in [5.74, 6) is -0.179. The summed E-state index contributed by atoms with van der Waals surface area (Å²) in [6, 6.07) is 7.28. The Labute approximate surface area is 145 Å². The molecule has 1 aromatic heterocycles. The van der Waals surface area contributed by atoms with Crippen molar-refractivity contribution >= 4 is 23.5 Å². The van der Waals surface area contributed by atoms with Crippen molar-refractivity contribution in [3.63, 3.8) is 0 Å². The number of aromatic nitrogens is 1. The molecule has 2 rings (SSSR count). The molecule has 0 saturated carbocycles. The van der Waals surface area contributed by atoms with Gasteiger partial charge in [-0.3, -0.25) is 14.4 Å². The fourth-order valence-corrected chi connectivity index (χ4v) is 2.60. The molecule has 2 aromatic rings. The Morgan fingerprint density at radius 2 is 2.08 bits per heavy atom. The molecule has 0 aliphatic heterocycles. The average Bonchev–Trinajstić information content (AvgIpc) is 2.55. The second kappa shape index (κ2) is 7.33. The number of rotatable bonds is 4. The van der Waals surface area contributed by atoms with Gasteiger partial charge in [-0.1, -0.05) is 24.6 Å². The Kier molecular flexibility index (Phi) is 5.42. The molecule has 1 aromatic carbocycles. The van der Waals surface area contributed by atoms with Crippen LogP contribution >= 0.6 is 11.6 Å². The predicted molar refractivity (Wildman–Crippen MR) is 95.6 cm³/mol.